The standard InChI is InChI=1S/C21H21BrN2O8/c22-11-1-3-12(4-2-11)24-18(29)16-17(19(24)30)21(10-25)8-7-20(16,32-21)9-14(26)13(23-31)5-6-15(27)28/h1-4,7-8,13,16-17,23,25,31H,5-6,9-10H2,(H,27,28)/t13-,16?,17?,20+,21-/m0/s1. The number of carboxylic acid groups (broad SMARTS) is 1. The first-order valence-electron chi connectivity index (χ1n) is 9.97. The summed E-state index contributed by atoms with van der Waals surface area (Å²) in [6.07, 6.45) is 2.13. The summed E-state index contributed by atoms with van der Waals surface area (Å²) in [6.45, 7) is -0.561. The Kier molecular flexibility index (Phi) is 5.80. The number of carbonyl (C=O) groups excluding carboxylic acids is 3. The third-order valence-electron chi connectivity index (χ3n) is 6.36. The number of benzene rings is 1. The SMILES string of the molecule is O=C(O)CC[C@H](NO)C(=O)C[C@@]12C=C[C@@](CO)(O1)C1C(=O)N(c3ccc(Br)cc3)C(=O)C12. The van der Waals surface area contributed by atoms with Crippen LogP contribution in [-0.4, -0.2) is 62.8 Å². The number of aliphatic carboxylic acids is 1. The maximum atomic E-state index is 13.4. The van der Waals surface area contributed by atoms with Crippen LogP contribution in [0.15, 0.2) is 40.9 Å². The summed E-state index contributed by atoms with van der Waals surface area (Å²) in [4.78, 5) is 51.5. The predicted molar refractivity (Wildman–Crippen MR) is 112 cm³/mol. The highest BCUT2D eigenvalue weighted by Crippen LogP contribution is 2.59. The van der Waals surface area contributed by atoms with Gasteiger partial charge in [0.2, 0.25) is 11.8 Å². The Morgan fingerprint density at radius 3 is 2.28 bits per heavy atom. The number of hydroxylamine groups is 1. The molecule has 2 bridgehead atoms. The van der Waals surface area contributed by atoms with Crippen LogP contribution in [0.5, 0.6) is 0 Å². The number of hydrogen-bond donors (Lipinski definition) is 4. The molecule has 0 saturated carbocycles. The number of imide groups is 1. The fourth-order valence-corrected chi connectivity index (χ4v) is 5.15. The molecular formula is C21H21BrN2O8. The lowest BCUT2D eigenvalue weighted by Gasteiger charge is -2.30. The number of amides is 2. The molecule has 0 radical (unpaired) electrons. The van der Waals surface area contributed by atoms with Gasteiger partial charge in [-0.15, -0.1) is 0 Å². The van der Waals surface area contributed by atoms with E-state index in [1.54, 1.807) is 24.3 Å². The second-order valence-electron chi connectivity index (χ2n) is 8.20. The minimum atomic E-state index is -1.49. The maximum absolute atomic E-state index is 13.4. The third kappa shape index (κ3) is 3.41. The van der Waals surface area contributed by atoms with Crippen molar-refractivity contribution in [2.75, 3.05) is 11.5 Å². The van der Waals surface area contributed by atoms with Gasteiger partial charge in [0.25, 0.3) is 0 Å². The van der Waals surface area contributed by atoms with Gasteiger partial charge in [-0.05, 0) is 30.7 Å². The summed E-state index contributed by atoms with van der Waals surface area (Å²) in [5, 5.41) is 28.3. The number of nitrogens with one attached hydrogen (secondary N) is 1. The summed E-state index contributed by atoms with van der Waals surface area (Å²) in [7, 11) is 0. The molecule has 10 nitrogen and oxygen atoms in total. The van der Waals surface area contributed by atoms with E-state index in [1.165, 1.54) is 12.2 Å². The van der Waals surface area contributed by atoms with Crippen molar-refractivity contribution in [2.45, 2.75) is 36.5 Å². The Hall–Kier alpha value is -2.44. The smallest absolute Gasteiger partial charge is 0.303 e. The number of ether oxygens (including phenoxy) is 1. The van der Waals surface area contributed by atoms with Crippen molar-refractivity contribution in [1.82, 2.24) is 5.48 Å². The van der Waals surface area contributed by atoms with E-state index in [2.05, 4.69) is 15.9 Å². The van der Waals surface area contributed by atoms with Crippen LogP contribution in [-0.2, 0) is 23.9 Å². The molecule has 2 fully saturated rings. The van der Waals surface area contributed by atoms with Gasteiger partial charge in [0, 0.05) is 17.3 Å². The van der Waals surface area contributed by atoms with Gasteiger partial charge in [0.05, 0.1) is 30.2 Å². The highest BCUT2D eigenvalue weighted by molar-refractivity contribution is 9.10. The van der Waals surface area contributed by atoms with Gasteiger partial charge in [0.15, 0.2) is 5.78 Å². The molecule has 2 saturated heterocycles. The van der Waals surface area contributed by atoms with Crippen molar-refractivity contribution in [2.24, 2.45) is 11.8 Å². The summed E-state index contributed by atoms with van der Waals surface area (Å²) in [6, 6.07) is 5.41. The summed E-state index contributed by atoms with van der Waals surface area (Å²) in [5.74, 6) is -4.84. The van der Waals surface area contributed by atoms with Crippen molar-refractivity contribution < 1.29 is 39.3 Å². The monoisotopic (exact) mass is 508 g/mol. The van der Waals surface area contributed by atoms with Crippen molar-refractivity contribution in [3.8, 4) is 0 Å². The topological polar surface area (TPSA) is 153 Å². The van der Waals surface area contributed by atoms with E-state index in [0.29, 0.717) is 5.69 Å². The molecule has 0 spiro atoms. The Balaban J connectivity index is 1.66. The molecule has 3 heterocycles. The number of carbonyl (C=O) groups is 4. The van der Waals surface area contributed by atoms with Gasteiger partial charge >= 0.3 is 5.97 Å². The molecule has 11 heteroatoms. The van der Waals surface area contributed by atoms with Crippen LogP contribution in [0.2, 0.25) is 0 Å². The first-order valence-corrected chi connectivity index (χ1v) is 10.8. The van der Waals surface area contributed by atoms with Crippen LogP contribution in [0.25, 0.3) is 0 Å². The normalized spacial score (nSPS) is 31.3. The number of halogens is 1. The molecule has 2 amide bonds. The molecule has 4 N–H and O–H groups in total. The number of nitrogens with zero attached hydrogens (tertiary/aromatic N) is 1. The van der Waals surface area contributed by atoms with Crippen LogP contribution in [0.1, 0.15) is 19.3 Å². The lowest BCUT2D eigenvalue weighted by Crippen LogP contribution is -2.46. The van der Waals surface area contributed by atoms with Gasteiger partial charge in [-0.3, -0.25) is 19.2 Å². The summed E-state index contributed by atoms with van der Waals surface area (Å²) in [5.41, 5.74) is -0.742. The number of Topliss-reactive ketones (excluding diaryl/α,β-unsaturated/α-hetero) is 1. The number of carboxylic acids is 1. The molecule has 1 aromatic carbocycles. The van der Waals surface area contributed by atoms with E-state index in [4.69, 9.17) is 9.84 Å². The highest BCUT2D eigenvalue weighted by atomic mass is 79.9. The van der Waals surface area contributed by atoms with Gasteiger partial charge in [-0.1, -0.05) is 28.1 Å². The number of ketones is 1. The second-order valence-corrected chi connectivity index (χ2v) is 9.12. The van der Waals surface area contributed by atoms with Crippen LogP contribution >= 0.6 is 15.9 Å². The lowest BCUT2D eigenvalue weighted by molar-refractivity contribution is -0.138. The molecule has 170 valence electrons. The average molecular weight is 509 g/mol. The van der Waals surface area contributed by atoms with Crippen LogP contribution in [0.4, 0.5) is 5.69 Å². The van der Waals surface area contributed by atoms with Gasteiger partial charge < -0.3 is 20.2 Å². The molecule has 5 atom stereocenters. The number of hydrogen-bond acceptors (Lipinski definition) is 8. The lowest BCUT2D eigenvalue weighted by atomic mass is 9.70. The number of aliphatic hydroxyl groups excluding tert-OH is 1. The first-order chi connectivity index (χ1) is 15.2. The predicted octanol–water partition coefficient (Wildman–Crippen LogP) is 0.796. The number of aliphatic hydroxyl groups is 1. The number of anilines is 1. The largest absolute Gasteiger partial charge is 0.481 e. The Bertz CT molecular complexity index is 1010. The quantitative estimate of drug-likeness (QED) is 0.215. The van der Waals surface area contributed by atoms with Crippen molar-refractivity contribution in [1.29, 1.82) is 0 Å². The van der Waals surface area contributed by atoms with E-state index >= 15 is 0 Å². The van der Waals surface area contributed by atoms with Gasteiger partial charge in [-0.25, -0.2) is 4.90 Å². The van der Waals surface area contributed by atoms with Crippen LogP contribution in [0.3, 0.4) is 0 Å². The van der Waals surface area contributed by atoms with Crippen molar-refractivity contribution in [3.63, 3.8) is 0 Å². The van der Waals surface area contributed by atoms with Gasteiger partial charge in [0.1, 0.15) is 11.2 Å². The van der Waals surface area contributed by atoms with Crippen LogP contribution in [0, 0.1) is 11.8 Å². The molecule has 3 aliphatic heterocycles. The van der Waals surface area contributed by atoms with E-state index in [0.717, 1.165) is 9.37 Å². The molecule has 1 aromatic rings. The average Bonchev–Trinajstić information content (AvgIpc) is 3.36. The maximum Gasteiger partial charge on any atom is 0.303 e. The minimum absolute atomic E-state index is 0.165. The molecule has 0 aromatic heterocycles. The van der Waals surface area contributed by atoms with Crippen molar-refractivity contribution in [3.05, 3.63) is 40.9 Å². The third-order valence-corrected chi connectivity index (χ3v) is 6.89. The molecule has 4 rings (SSSR count). The van der Waals surface area contributed by atoms with E-state index in [-0.39, 0.29) is 19.3 Å². The van der Waals surface area contributed by atoms with Crippen molar-refractivity contribution >= 4 is 45.2 Å². The fourth-order valence-electron chi connectivity index (χ4n) is 4.89. The van der Waals surface area contributed by atoms with E-state index < -0.39 is 59.3 Å². The zero-order chi connectivity index (χ0) is 23.3. The Morgan fingerprint density at radius 1 is 1.12 bits per heavy atom. The Labute approximate surface area is 190 Å². The first kappa shape index (κ1) is 22.7. The molecule has 2 unspecified atom stereocenters. The second kappa shape index (κ2) is 8.16. The van der Waals surface area contributed by atoms with Gasteiger partial charge in [-0.2, -0.15) is 5.48 Å². The molecular weight excluding hydrogens is 488 g/mol. The molecule has 32 heavy (non-hydrogen) atoms. The van der Waals surface area contributed by atoms with E-state index in [9.17, 15) is 29.5 Å². The highest BCUT2D eigenvalue weighted by Gasteiger charge is 2.73. The summed E-state index contributed by atoms with van der Waals surface area (Å²) < 4.78 is 6.78. The molecule has 3 aliphatic rings. The van der Waals surface area contributed by atoms with E-state index in [1.807, 2.05) is 5.48 Å². The minimum Gasteiger partial charge on any atom is -0.481 e. The van der Waals surface area contributed by atoms with Crippen LogP contribution < -0.4 is 10.4 Å². The zero-order valence-corrected chi connectivity index (χ0v) is 18.3. The fraction of sp³-hybridized carbons (Fsp3) is 0.429. The Morgan fingerprint density at radius 2 is 1.72 bits per heavy atom. The zero-order valence-electron chi connectivity index (χ0n) is 16.7. The molecule has 0 aliphatic carbocycles. The number of fused-ring (bicyclic) bond motifs is 5. The summed E-state index contributed by atoms with van der Waals surface area (Å²) >= 11 is 3.31. The number of rotatable bonds is 9.